The molecule has 0 aliphatic carbocycles. The van der Waals surface area contributed by atoms with Gasteiger partial charge in [0.05, 0.1) is 0 Å². The van der Waals surface area contributed by atoms with Crippen LogP contribution in [0, 0.1) is 12.7 Å². The number of amides is 1. The van der Waals surface area contributed by atoms with Gasteiger partial charge in [0.25, 0.3) is 5.91 Å². The largest absolute Gasteiger partial charge is 0.352 e. The zero-order chi connectivity index (χ0) is 17.6. The van der Waals surface area contributed by atoms with Gasteiger partial charge in [0, 0.05) is 24.1 Å². The van der Waals surface area contributed by atoms with E-state index < -0.39 is 0 Å². The first-order valence-corrected chi connectivity index (χ1v) is 8.05. The van der Waals surface area contributed by atoms with Crippen molar-refractivity contribution < 1.29 is 13.7 Å². The summed E-state index contributed by atoms with van der Waals surface area (Å²) in [6.07, 6.45) is 1.24. The van der Waals surface area contributed by atoms with Gasteiger partial charge in [-0.25, -0.2) is 4.39 Å². The highest BCUT2D eigenvalue weighted by Gasteiger charge is 2.09. The maximum Gasteiger partial charge on any atom is 0.251 e. The van der Waals surface area contributed by atoms with Crippen molar-refractivity contribution in [1.29, 1.82) is 0 Å². The van der Waals surface area contributed by atoms with Crippen molar-refractivity contribution in [3.05, 3.63) is 71.4 Å². The highest BCUT2D eigenvalue weighted by Crippen LogP contribution is 2.16. The van der Waals surface area contributed by atoms with Gasteiger partial charge in [-0.05, 0) is 49.7 Å². The minimum atomic E-state index is -0.309. The molecular formula is C19H18FN3O2. The lowest BCUT2D eigenvalue weighted by atomic mass is 10.1. The Bertz CT molecular complexity index is 842. The monoisotopic (exact) mass is 339 g/mol. The molecule has 25 heavy (non-hydrogen) atoms. The Morgan fingerprint density at radius 3 is 2.56 bits per heavy atom. The number of benzene rings is 2. The second-order valence-electron chi connectivity index (χ2n) is 5.74. The van der Waals surface area contributed by atoms with E-state index in [0.717, 1.165) is 5.56 Å². The van der Waals surface area contributed by atoms with Crippen LogP contribution in [-0.4, -0.2) is 22.6 Å². The summed E-state index contributed by atoms with van der Waals surface area (Å²) >= 11 is 0. The molecule has 2 aromatic carbocycles. The number of carbonyl (C=O) groups is 1. The number of nitrogens with one attached hydrogen (secondary N) is 1. The van der Waals surface area contributed by atoms with E-state index in [1.807, 2.05) is 19.1 Å². The second-order valence-corrected chi connectivity index (χ2v) is 5.74. The van der Waals surface area contributed by atoms with E-state index in [1.165, 1.54) is 12.1 Å². The molecule has 0 saturated heterocycles. The van der Waals surface area contributed by atoms with Crippen LogP contribution in [0.2, 0.25) is 0 Å². The first kappa shape index (κ1) is 16.8. The van der Waals surface area contributed by atoms with Crippen LogP contribution < -0.4 is 5.32 Å². The number of aryl methyl sites for hydroxylation is 2. The van der Waals surface area contributed by atoms with E-state index in [9.17, 15) is 9.18 Å². The molecule has 1 heterocycles. The summed E-state index contributed by atoms with van der Waals surface area (Å²) in [5.74, 6) is 0.511. The standard InChI is InChI=1S/C19H18FN3O2/c1-13-4-6-15(7-5-13)19(24)21-12-2-3-17-22-18(23-25-17)14-8-10-16(20)11-9-14/h4-11H,2-3,12H2,1H3,(H,21,24). The minimum Gasteiger partial charge on any atom is -0.352 e. The highest BCUT2D eigenvalue weighted by atomic mass is 19.1. The Kier molecular flexibility index (Phi) is 5.18. The number of aromatic nitrogens is 2. The Morgan fingerprint density at radius 2 is 1.84 bits per heavy atom. The van der Waals surface area contributed by atoms with Gasteiger partial charge < -0.3 is 9.84 Å². The molecule has 0 bridgehead atoms. The molecule has 1 amide bonds. The van der Waals surface area contributed by atoms with Gasteiger partial charge in [-0.1, -0.05) is 22.9 Å². The quantitative estimate of drug-likeness (QED) is 0.698. The highest BCUT2D eigenvalue weighted by molar-refractivity contribution is 5.94. The maximum atomic E-state index is 12.9. The molecule has 0 fully saturated rings. The molecule has 3 aromatic rings. The third-order valence-electron chi connectivity index (χ3n) is 3.74. The number of nitrogens with zero attached hydrogens (tertiary/aromatic N) is 2. The normalized spacial score (nSPS) is 10.6. The average Bonchev–Trinajstić information content (AvgIpc) is 3.09. The van der Waals surface area contributed by atoms with Crippen molar-refractivity contribution >= 4 is 5.91 Å². The van der Waals surface area contributed by atoms with Gasteiger partial charge in [-0.15, -0.1) is 0 Å². The second kappa shape index (κ2) is 7.70. The Balaban J connectivity index is 1.47. The van der Waals surface area contributed by atoms with Crippen LogP contribution in [0.4, 0.5) is 4.39 Å². The van der Waals surface area contributed by atoms with Crippen molar-refractivity contribution in [2.24, 2.45) is 0 Å². The Labute approximate surface area is 144 Å². The molecule has 1 N–H and O–H groups in total. The lowest BCUT2D eigenvalue weighted by Gasteiger charge is -2.04. The predicted molar refractivity (Wildman–Crippen MR) is 91.5 cm³/mol. The molecule has 1 aromatic heterocycles. The van der Waals surface area contributed by atoms with E-state index in [2.05, 4.69) is 15.5 Å². The zero-order valence-electron chi connectivity index (χ0n) is 13.8. The van der Waals surface area contributed by atoms with Crippen LogP contribution in [0.5, 0.6) is 0 Å². The summed E-state index contributed by atoms with van der Waals surface area (Å²) in [6.45, 7) is 2.49. The van der Waals surface area contributed by atoms with Crippen LogP contribution in [0.3, 0.4) is 0 Å². The fraction of sp³-hybridized carbons (Fsp3) is 0.211. The van der Waals surface area contributed by atoms with Crippen molar-refractivity contribution in [3.8, 4) is 11.4 Å². The lowest BCUT2D eigenvalue weighted by Crippen LogP contribution is -2.24. The van der Waals surface area contributed by atoms with Crippen LogP contribution in [-0.2, 0) is 6.42 Å². The van der Waals surface area contributed by atoms with E-state index in [4.69, 9.17) is 4.52 Å². The molecule has 0 aliphatic heterocycles. The van der Waals surface area contributed by atoms with Crippen LogP contribution in [0.25, 0.3) is 11.4 Å². The molecule has 0 radical (unpaired) electrons. The smallest absolute Gasteiger partial charge is 0.251 e. The fourth-order valence-electron chi connectivity index (χ4n) is 2.32. The Hall–Kier alpha value is -3.02. The topological polar surface area (TPSA) is 68.0 Å². The van der Waals surface area contributed by atoms with Crippen molar-refractivity contribution in [2.45, 2.75) is 19.8 Å². The molecule has 0 atom stereocenters. The summed E-state index contributed by atoms with van der Waals surface area (Å²) in [4.78, 5) is 16.3. The van der Waals surface area contributed by atoms with Gasteiger partial charge in [-0.3, -0.25) is 4.79 Å². The summed E-state index contributed by atoms with van der Waals surface area (Å²) in [7, 11) is 0. The molecule has 0 unspecified atom stereocenters. The number of hydrogen-bond acceptors (Lipinski definition) is 4. The number of hydrogen-bond donors (Lipinski definition) is 1. The van der Waals surface area contributed by atoms with Gasteiger partial charge in [0.1, 0.15) is 5.82 Å². The molecule has 3 rings (SSSR count). The zero-order valence-corrected chi connectivity index (χ0v) is 13.8. The van der Waals surface area contributed by atoms with Gasteiger partial charge in [0.15, 0.2) is 0 Å². The summed E-state index contributed by atoms with van der Waals surface area (Å²) < 4.78 is 18.1. The van der Waals surface area contributed by atoms with Gasteiger partial charge >= 0.3 is 0 Å². The molecule has 128 valence electrons. The van der Waals surface area contributed by atoms with Crippen LogP contribution in [0.15, 0.2) is 53.1 Å². The van der Waals surface area contributed by atoms with Crippen molar-refractivity contribution in [3.63, 3.8) is 0 Å². The fourth-order valence-corrected chi connectivity index (χ4v) is 2.32. The summed E-state index contributed by atoms with van der Waals surface area (Å²) in [5.41, 5.74) is 2.45. The van der Waals surface area contributed by atoms with Crippen LogP contribution in [0.1, 0.15) is 28.2 Å². The molecule has 6 heteroatoms. The van der Waals surface area contributed by atoms with E-state index >= 15 is 0 Å². The van der Waals surface area contributed by atoms with Gasteiger partial charge in [0.2, 0.25) is 11.7 Å². The molecule has 0 saturated carbocycles. The third-order valence-corrected chi connectivity index (χ3v) is 3.74. The average molecular weight is 339 g/mol. The minimum absolute atomic E-state index is 0.0995. The van der Waals surface area contributed by atoms with Crippen molar-refractivity contribution in [2.75, 3.05) is 6.54 Å². The van der Waals surface area contributed by atoms with Gasteiger partial charge in [-0.2, -0.15) is 4.98 Å². The third kappa shape index (κ3) is 4.50. The first-order valence-electron chi connectivity index (χ1n) is 8.05. The van der Waals surface area contributed by atoms with E-state index in [-0.39, 0.29) is 11.7 Å². The first-order chi connectivity index (χ1) is 12.1. The summed E-state index contributed by atoms with van der Waals surface area (Å²) in [5, 5.41) is 6.75. The van der Waals surface area contributed by atoms with Crippen molar-refractivity contribution in [1.82, 2.24) is 15.5 Å². The molecule has 0 spiro atoms. The number of carbonyl (C=O) groups excluding carboxylic acids is 1. The SMILES string of the molecule is Cc1ccc(C(=O)NCCCc2nc(-c3ccc(F)cc3)no2)cc1. The van der Waals surface area contributed by atoms with E-state index in [0.29, 0.717) is 42.2 Å². The maximum absolute atomic E-state index is 12.9. The predicted octanol–water partition coefficient (Wildman–Crippen LogP) is 3.55. The van der Waals surface area contributed by atoms with E-state index in [1.54, 1.807) is 24.3 Å². The number of halogens is 1. The van der Waals surface area contributed by atoms with Crippen LogP contribution >= 0.6 is 0 Å². The summed E-state index contributed by atoms with van der Waals surface area (Å²) in [6, 6.07) is 13.3. The molecular weight excluding hydrogens is 321 g/mol. The Morgan fingerprint density at radius 1 is 1.12 bits per heavy atom. The lowest BCUT2D eigenvalue weighted by molar-refractivity contribution is 0.0953. The number of rotatable bonds is 6. The molecule has 0 aliphatic rings. The molecule has 5 nitrogen and oxygen atoms in total.